The molecule has 2 amide bonds. The molecule has 3 N–H and O–H groups in total. The van der Waals surface area contributed by atoms with Crippen LogP contribution in [-0.4, -0.2) is 59.4 Å². The van der Waals surface area contributed by atoms with Gasteiger partial charge in [0.1, 0.15) is 6.61 Å². The van der Waals surface area contributed by atoms with E-state index in [-0.39, 0.29) is 12.3 Å². The van der Waals surface area contributed by atoms with Gasteiger partial charge in [0.25, 0.3) is 5.69 Å². The van der Waals surface area contributed by atoms with Gasteiger partial charge in [0, 0.05) is 24.1 Å². The second kappa shape index (κ2) is 10.4. The van der Waals surface area contributed by atoms with E-state index in [0.29, 0.717) is 5.56 Å². The fraction of sp³-hybridized carbons (Fsp3) is 0.400. The van der Waals surface area contributed by atoms with Crippen LogP contribution in [0.25, 0.3) is 0 Å². The largest absolute Gasteiger partial charge is 0.462 e. The predicted molar refractivity (Wildman–Crippen MR) is 110 cm³/mol. The molecule has 1 aromatic rings. The Balaban J connectivity index is 1.95. The Morgan fingerprint density at radius 1 is 1.18 bits per heavy atom. The van der Waals surface area contributed by atoms with E-state index in [1.54, 1.807) is 0 Å². The average Bonchev–Trinajstić information content (AvgIpc) is 2.78. The number of rotatable bonds is 9. The number of hydrogen-bond acceptors (Lipinski definition) is 10. The van der Waals surface area contributed by atoms with Gasteiger partial charge >= 0.3 is 17.8 Å². The van der Waals surface area contributed by atoms with Gasteiger partial charge in [-0.2, -0.15) is 0 Å². The number of amides is 2. The Morgan fingerprint density at radius 2 is 1.79 bits per heavy atom. The van der Waals surface area contributed by atoms with Gasteiger partial charge in [-0.3, -0.25) is 29.9 Å². The summed E-state index contributed by atoms with van der Waals surface area (Å²) in [6, 6.07) is 3.58. The Kier molecular flexibility index (Phi) is 7.94. The van der Waals surface area contributed by atoms with E-state index in [1.165, 1.54) is 38.1 Å². The van der Waals surface area contributed by atoms with Gasteiger partial charge in [-0.25, -0.2) is 9.59 Å². The predicted octanol–water partition coefficient (Wildman–Crippen LogP) is -0.345. The summed E-state index contributed by atoms with van der Waals surface area (Å²) in [5, 5.41) is 23.3. The number of carbonyl (C=O) groups excluding carboxylic acids is 5. The van der Waals surface area contributed by atoms with Gasteiger partial charge in [0.15, 0.2) is 11.5 Å². The van der Waals surface area contributed by atoms with E-state index in [9.17, 15) is 34.1 Å². The van der Waals surface area contributed by atoms with E-state index in [1.807, 2.05) is 0 Å². The third-order valence-corrected chi connectivity index (χ3v) is 5.19. The molecule has 0 bridgehead atoms. The zero-order valence-corrected chi connectivity index (χ0v) is 17.9. The molecule has 13 heteroatoms. The van der Waals surface area contributed by atoms with Crippen LogP contribution in [0.15, 0.2) is 24.3 Å². The van der Waals surface area contributed by atoms with Gasteiger partial charge in [0.2, 0.25) is 5.91 Å². The lowest BCUT2D eigenvalue weighted by atomic mass is 9.75. The minimum atomic E-state index is -1.19. The van der Waals surface area contributed by atoms with Crippen molar-refractivity contribution in [1.29, 1.82) is 5.41 Å². The molecular formula is C20H22N4O9. The Labute approximate surface area is 187 Å². The molecule has 0 saturated carbocycles. The zero-order valence-electron chi connectivity index (χ0n) is 17.9. The molecule has 1 aliphatic rings. The minimum absolute atomic E-state index is 0.143. The second-order valence-corrected chi connectivity index (χ2v) is 7.34. The first kappa shape index (κ1) is 25.1. The van der Waals surface area contributed by atoms with Crippen LogP contribution in [0.5, 0.6) is 0 Å². The number of nitro benzene ring substituents is 1. The molecule has 2 rings (SSSR count). The fourth-order valence-electron chi connectivity index (χ4n) is 3.27. The lowest BCUT2D eigenvalue weighted by Gasteiger charge is -2.43. The molecule has 1 aromatic carbocycles. The average molecular weight is 462 g/mol. The lowest BCUT2D eigenvalue weighted by molar-refractivity contribution is -0.384. The van der Waals surface area contributed by atoms with Crippen LogP contribution < -0.4 is 10.6 Å². The quantitative estimate of drug-likeness (QED) is 0.0836. The maximum atomic E-state index is 12.6. The highest BCUT2D eigenvalue weighted by Gasteiger charge is 2.49. The number of carbonyl (C=O) groups is 5. The van der Waals surface area contributed by atoms with Crippen LogP contribution in [0.1, 0.15) is 19.4 Å². The van der Waals surface area contributed by atoms with Crippen molar-refractivity contribution in [2.45, 2.75) is 32.5 Å². The Hall–Kier alpha value is -4.16. The number of nitrogens with zero attached hydrogens (tertiary/aromatic N) is 1. The normalized spacial score (nSPS) is 18.6. The Morgan fingerprint density at radius 3 is 2.30 bits per heavy atom. The van der Waals surface area contributed by atoms with Crippen LogP contribution in [0.3, 0.4) is 0 Å². The summed E-state index contributed by atoms with van der Waals surface area (Å²) in [7, 11) is 1.03. The van der Waals surface area contributed by atoms with Crippen molar-refractivity contribution in [2.75, 3.05) is 7.11 Å². The van der Waals surface area contributed by atoms with Gasteiger partial charge in [-0.15, -0.1) is 0 Å². The molecule has 1 heterocycles. The molecule has 4 atom stereocenters. The van der Waals surface area contributed by atoms with Crippen molar-refractivity contribution in [2.24, 2.45) is 11.8 Å². The number of Topliss-reactive ketones (excluding diaryl/α,β-unsaturated/α-hetero) is 1. The highest BCUT2D eigenvalue weighted by Crippen LogP contribution is 2.26. The van der Waals surface area contributed by atoms with Crippen LogP contribution in [-0.2, 0) is 40.1 Å². The number of benzene rings is 1. The summed E-state index contributed by atoms with van der Waals surface area (Å²) in [5.74, 6) is -6.61. The maximum Gasteiger partial charge on any atom is 0.396 e. The number of ketones is 1. The molecule has 0 radical (unpaired) electrons. The van der Waals surface area contributed by atoms with E-state index < -0.39 is 64.1 Å². The molecule has 176 valence electrons. The van der Waals surface area contributed by atoms with Crippen molar-refractivity contribution in [1.82, 2.24) is 10.6 Å². The maximum absolute atomic E-state index is 12.6. The molecular weight excluding hydrogens is 440 g/mol. The van der Waals surface area contributed by atoms with Gasteiger partial charge < -0.3 is 20.1 Å². The summed E-state index contributed by atoms with van der Waals surface area (Å²) in [6.45, 7) is 2.57. The fourth-order valence-corrected chi connectivity index (χ4v) is 3.27. The molecule has 0 aliphatic carbocycles. The Bertz CT molecular complexity index is 1010. The number of non-ortho nitro benzene ring substituents is 1. The number of hydrogen-bond donors (Lipinski definition) is 3. The second-order valence-electron chi connectivity index (χ2n) is 7.34. The first-order valence-corrected chi connectivity index (χ1v) is 9.70. The third-order valence-electron chi connectivity index (χ3n) is 5.19. The van der Waals surface area contributed by atoms with Crippen molar-refractivity contribution in [3.05, 3.63) is 39.9 Å². The molecule has 1 fully saturated rings. The van der Waals surface area contributed by atoms with Crippen molar-refractivity contribution >= 4 is 40.9 Å². The lowest BCUT2D eigenvalue weighted by Crippen LogP contribution is -2.68. The molecule has 1 aliphatic heterocycles. The van der Waals surface area contributed by atoms with E-state index in [2.05, 4.69) is 15.4 Å². The van der Waals surface area contributed by atoms with Gasteiger partial charge in [-0.05, 0) is 24.6 Å². The van der Waals surface area contributed by atoms with Crippen molar-refractivity contribution in [3.8, 4) is 0 Å². The highest BCUT2D eigenvalue weighted by atomic mass is 16.6. The summed E-state index contributed by atoms with van der Waals surface area (Å²) in [5.41, 5.74) is -0.657. The number of β-lactam (4-membered cyclic amide) rings is 1. The minimum Gasteiger partial charge on any atom is -0.462 e. The number of nitro groups is 1. The number of ether oxygens (including phenoxy) is 2. The number of methoxy groups -OCH3 is 1. The number of esters is 2. The smallest absolute Gasteiger partial charge is 0.396 e. The zero-order chi connectivity index (χ0) is 24.9. The van der Waals surface area contributed by atoms with E-state index in [0.717, 1.165) is 7.11 Å². The van der Waals surface area contributed by atoms with Crippen LogP contribution >= 0.6 is 0 Å². The summed E-state index contributed by atoms with van der Waals surface area (Å²) in [4.78, 5) is 69.7. The molecule has 13 nitrogen and oxygen atoms in total. The third kappa shape index (κ3) is 5.75. The monoisotopic (exact) mass is 462 g/mol. The molecule has 1 saturated heterocycles. The first-order chi connectivity index (χ1) is 15.5. The number of nitrogens with one attached hydrogen (secondary N) is 3. The van der Waals surface area contributed by atoms with E-state index in [4.69, 9.17) is 10.1 Å². The molecule has 0 aromatic heterocycles. The SMILES string of the molecule is COC(=O)C(=O)N[C@H](C)[C@H]1C(=O)N[C@@H]1[C@@H](C)C(=O)C(=N)C(=O)OCc1ccc([N+](=O)[O-])cc1. The molecule has 0 spiro atoms. The van der Waals surface area contributed by atoms with Crippen LogP contribution in [0, 0.1) is 27.4 Å². The van der Waals surface area contributed by atoms with Crippen LogP contribution in [0.4, 0.5) is 5.69 Å². The van der Waals surface area contributed by atoms with E-state index >= 15 is 0 Å². The topological polar surface area (TPSA) is 195 Å². The first-order valence-electron chi connectivity index (χ1n) is 9.70. The summed E-state index contributed by atoms with van der Waals surface area (Å²) in [6.07, 6.45) is 0. The molecule has 0 unspecified atom stereocenters. The van der Waals surface area contributed by atoms with Gasteiger partial charge in [0.05, 0.1) is 24.0 Å². The summed E-state index contributed by atoms with van der Waals surface area (Å²) >= 11 is 0. The van der Waals surface area contributed by atoms with Gasteiger partial charge in [-0.1, -0.05) is 6.92 Å². The summed E-state index contributed by atoms with van der Waals surface area (Å²) < 4.78 is 9.23. The molecule has 33 heavy (non-hydrogen) atoms. The highest BCUT2D eigenvalue weighted by molar-refractivity contribution is 6.63. The van der Waals surface area contributed by atoms with Crippen molar-refractivity contribution in [3.63, 3.8) is 0 Å². The van der Waals surface area contributed by atoms with Crippen molar-refractivity contribution < 1.29 is 38.4 Å². The standard InChI is InChI=1S/C20H22N4O9/c1-9(15-13(17(26)23-15)10(2)22-18(27)20(29)32-3)16(25)14(21)19(28)33-8-11-4-6-12(7-5-11)24(30)31/h4-7,9-10,13,15,21H,8H2,1-3H3,(H,22,27)(H,23,26)/t9-,10-,13-,15-/m1/s1. The van der Waals surface area contributed by atoms with Crippen LogP contribution in [0.2, 0.25) is 0 Å².